The molecule has 2 heterocycles. The van der Waals surface area contributed by atoms with Crippen molar-refractivity contribution < 1.29 is 4.79 Å². The fourth-order valence-corrected chi connectivity index (χ4v) is 4.12. The molecule has 2 aromatic carbocycles. The summed E-state index contributed by atoms with van der Waals surface area (Å²) in [7, 11) is 0. The zero-order valence-corrected chi connectivity index (χ0v) is 17.1. The van der Waals surface area contributed by atoms with Gasteiger partial charge < -0.3 is 15.2 Å². The van der Waals surface area contributed by atoms with E-state index in [-0.39, 0.29) is 11.9 Å². The Morgan fingerprint density at radius 2 is 1.79 bits per heavy atom. The summed E-state index contributed by atoms with van der Waals surface area (Å²) in [5, 5.41) is 3.06. The Kier molecular flexibility index (Phi) is 4.84. The summed E-state index contributed by atoms with van der Waals surface area (Å²) in [6.45, 7) is 9.80. The SMILES string of the molecule is Cc1cc(C)cc(NC(=O)N2CCC[C@H](c3nc4cc(C)c(C)cc4[nH]3)C2)c1. The standard InChI is InChI=1S/C23H28N4O/c1-14-8-15(2)10-19(9-14)24-23(28)27-7-5-6-18(13-27)22-25-20-11-16(3)17(4)12-21(20)26-22/h8-12,18H,5-7,13H2,1-4H3,(H,24,28)(H,25,26)/t18-/m0/s1. The number of hydrogen-bond donors (Lipinski definition) is 2. The van der Waals surface area contributed by atoms with Crippen LogP contribution in [0.15, 0.2) is 30.3 Å². The van der Waals surface area contributed by atoms with Gasteiger partial charge in [0.25, 0.3) is 0 Å². The Morgan fingerprint density at radius 1 is 1.07 bits per heavy atom. The molecule has 1 aliphatic rings. The van der Waals surface area contributed by atoms with Crippen LogP contribution in [0.2, 0.25) is 0 Å². The van der Waals surface area contributed by atoms with Gasteiger partial charge in [-0.05, 0) is 87.1 Å². The van der Waals surface area contributed by atoms with Crippen molar-refractivity contribution in [2.45, 2.75) is 46.5 Å². The predicted octanol–water partition coefficient (Wildman–Crippen LogP) is 5.21. The van der Waals surface area contributed by atoms with E-state index in [0.717, 1.165) is 53.1 Å². The lowest BCUT2D eigenvalue weighted by Gasteiger charge is -2.32. The fraction of sp³-hybridized carbons (Fsp3) is 0.391. The highest BCUT2D eigenvalue weighted by Crippen LogP contribution is 2.28. The van der Waals surface area contributed by atoms with Gasteiger partial charge in [-0.3, -0.25) is 0 Å². The second-order valence-electron chi connectivity index (χ2n) is 8.17. The van der Waals surface area contributed by atoms with Crippen LogP contribution in [-0.2, 0) is 0 Å². The van der Waals surface area contributed by atoms with Gasteiger partial charge in [0.15, 0.2) is 0 Å². The lowest BCUT2D eigenvalue weighted by atomic mass is 9.97. The summed E-state index contributed by atoms with van der Waals surface area (Å²) in [6, 6.07) is 10.4. The van der Waals surface area contributed by atoms with E-state index in [2.05, 4.69) is 42.3 Å². The Bertz CT molecular complexity index is 977. The second-order valence-corrected chi connectivity index (χ2v) is 8.17. The first kappa shape index (κ1) is 18.5. The molecule has 2 N–H and O–H groups in total. The van der Waals surface area contributed by atoms with Crippen LogP contribution in [0.1, 0.15) is 46.8 Å². The van der Waals surface area contributed by atoms with E-state index in [0.29, 0.717) is 6.54 Å². The third-order valence-corrected chi connectivity index (χ3v) is 5.68. The molecule has 0 unspecified atom stereocenters. The molecule has 1 aliphatic heterocycles. The first-order valence-corrected chi connectivity index (χ1v) is 10.00. The van der Waals surface area contributed by atoms with Crippen LogP contribution in [0.5, 0.6) is 0 Å². The number of fused-ring (bicyclic) bond motifs is 1. The maximum atomic E-state index is 12.8. The Balaban J connectivity index is 1.50. The molecule has 0 aliphatic carbocycles. The van der Waals surface area contributed by atoms with Gasteiger partial charge in [0.2, 0.25) is 0 Å². The van der Waals surface area contributed by atoms with Crippen LogP contribution in [0.25, 0.3) is 11.0 Å². The topological polar surface area (TPSA) is 61.0 Å². The van der Waals surface area contributed by atoms with Crippen LogP contribution in [0.4, 0.5) is 10.5 Å². The second kappa shape index (κ2) is 7.30. The van der Waals surface area contributed by atoms with Crippen LogP contribution in [0, 0.1) is 27.7 Å². The third kappa shape index (κ3) is 3.75. The molecule has 5 heteroatoms. The molecular weight excluding hydrogens is 348 g/mol. The van der Waals surface area contributed by atoms with E-state index in [1.54, 1.807) is 0 Å². The van der Waals surface area contributed by atoms with E-state index < -0.39 is 0 Å². The zero-order valence-electron chi connectivity index (χ0n) is 17.1. The minimum absolute atomic E-state index is 0.0301. The van der Waals surface area contributed by atoms with E-state index in [1.165, 1.54) is 11.1 Å². The van der Waals surface area contributed by atoms with E-state index in [9.17, 15) is 4.79 Å². The number of piperidine rings is 1. The molecule has 0 spiro atoms. The number of imidazole rings is 1. The number of benzene rings is 2. The summed E-state index contributed by atoms with van der Waals surface area (Å²) in [5.41, 5.74) is 7.77. The summed E-state index contributed by atoms with van der Waals surface area (Å²) in [4.78, 5) is 23.0. The van der Waals surface area contributed by atoms with Crippen molar-refractivity contribution in [3.05, 3.63) is 58.4 Å². The van der Waals surface area contributed by atoms with Crippen molar-refractivity contribution in [1.29, 1.82) is 0 Å². The zero-order chi connectivity index (χ0) is 19.8. The van der Waals surface area contributed by atoms with E-state index in [4.69, 9.17) is 4.98 Å². The monoisotopic (exact) mass is 376 g/mol. The highest BCUT2D eigenvalue weighted by molar-refractivity contribution is 5.89. The third-order valence-electron chi connectivity index (χ3n) is 5.68. The van der Waals surface area contributed by atoms with Crippen molar-refractivity contribution in [2.24, 2.45) is 0 Å². The minimum atomic E-state index is -0.0301. The number of nitrogens with zero attached hydrogens (tertiary/aromatic N) is 2. The average Bonchev–Trinajstić information content (AvgIpc) is 3.04. The molecule has 28 heavy (non-hydrogen) atoms. The van der Waals surface area contributed by atoms with Crippen molar-refractivity contribution in [2.75, 3.05) is 18.4 Å². The van der Waals surface area contributed by atoms with E-state index in [1.807, 2.05) is 30.9 Å². The number of aromatic amines is 1. The molecule has 3 aromatic rings. The number of nitrogens with one attached hydrogen (secondary N) is 2. The molecule has 5 nitrogen and oxygen atoms in total. The largest absolute Gasteiger partial charge is 0.342 e. The number of carbonyl (C=O) groups excluding carboxylic acids is 1. The Morgan fingerprint density at radius 3 is 2.54 bits per heavy atom. The maximum Gasteiger partial charge on any atom is 0.321 e. The normalized spacial score (nSPS) is 17.1. The summed E-state index contributed by atoms with van der Waals surface area (Å²) in [6.07, 6.45) is 2.03. The van der Waals surface area contributed by atoms with Crippen LogP contribution >= 0.6 is 0 Å². The number of hydrogen-bond acceptors (Lipinski definition) is 2. The number of likely N-dealkylation sites (tertiary alicyclic amines) is 1. The van der Waals surface area contributed by atoms with Crippen molar-refractivity contribution in [1.82, 2.24) is 14.9 Å². The number of amides is 2. The molecule has 4 rings (SSSR count). The predicted molar refractivity (Wildman–Crippen MR) is 114 cm³/mol. The molecule has 1 fully saturated rings. The maximum absolute atomic E-state index is 12.8. The lowest BCUT2D eigenvalue weighted by Crippen LogP contribution is -2.41. The van der Waals surface area contributed by atoms with Crippen molar-refractivity contribution in [3.8, 4) is 0 Å². The number of aromatic nitrogens is 2. The Hall–Kier alpha value is -2.82. The molecule has 0 bridgehead atoms. The fourth-order valence-electron chi connectivity index (χ4n) is 4.12. The summed E-state index contributed by atoms with van der Waals surface area (Å²) >= 11 is 0. The van der Waals surface area contributed by atoms with Crippen molar-refractivity contribution >= 4 is 22.8 Å². The average molecular weight is 377 g/mol. The van der Waals surface area contributed by atoms with Gasteiger partial charge in [0.1, 0.15) is 5.82 Å². The molecule has 0 saturated carbocycles. The molecule has 146 valence electrons. The minimum Gasteiger partial charge on any atom is -0.342 e. The molecule has 1 aromatic heterocycles. The first-order chi connectivity index (χ1) is 13.4. The highest BCUT2D eigenvalue weighted by atomic mass is 16.2. The van der Waals surface area contributed by atoms with Gasteiger partial charge in [-0.2, -0.15) is 0 Å². The number of H-pyrrole nitrogens is 1. The highest BCUT2D eigenvalue weighted by Gasteiger charge is 2.27. The van der Waals surface area contributed by atoms with Gasteiger partial charge in [-0.25, -0.2) is 9.78 Å². The number of anilines is 1. The Labute approximate surface area is 166 Å². The van der Waals surface area contributed by atoms with E-state index >= 15 is 0 Å². The smallest absolute Gasteiger partial charge is 0.321 e. The van der Waals surface area contributed by atoms with Gasteiger partial charge in [-0.15, -0.1) is 0 Å². The number of carbonyl (C=O) groups is 1. The number of urea groups is 1. The number of rotatable bonds is 2. The molecule has 0 radical (unpaired) electrons. The summed E-state index contributed by atoms with van der Waals surface area (Å²) < 4.78 is 0. The van der Waals surface area contributed by atoms with Gasteiger partial charge >= 0.3 is 6.03 Å². The molecule has 1 saturated heterocycles. The lowest BCUT2D eigenvalue weighted by molar-refractivity contribution is 0.191. The van der Waals surface area contributed by atoms with Crippen LogP contribution < -0.4 is 5.32 Å². The van der Waals surface area contributed by atoms with Gasteiger partial charge in [0, 0.05) is 24.7 Å². The van der Waals surface area contributed by atoms with Crippen LogP contribution in [-0.4, -0.2) is 34.0 Å². The van der Waals surface area contributed by atoms with Gasteiger partial charge in [0.05, 0.1) is 11.0 Å². The molecule has 1 atom stereocenters. The first-order valence-electron chi connectivity index (χ1n) is 10.00. The van der Waals surface area contributed by atoms with Crippen molar-refractivity contribution in [3.63, 3.8) is 0 Å². The molecule has 2 amide bonds. The summed E-state index contributed by atoms with van der Waals surface area (Å²) in [5.74, 6) is 1.23. The quantitative estimate of drug-likeness (QED) is 0.645. The number of aryl methyl sites for hydroxylation is 4. The molecular formula is C23H28N4O. The van der Waals surface area contributed by atoms with Gasteiger partial charge in [-0.1, -0.05) is 6.07 Å². The van der Waals surface area contributed by atoms with Crippen LogP contribution in [0.3, 0.4) is 0 Å².